The summed E-state index contributed by atoms with van der Waals surface area (Å²) in [5, 5.41) is 14.3. The van der Waals surface area contributed by atoms with Crippen molar-refractivity contribution in [1.29, 1.82) is 0 Å². The molecule has 6 rings (SSSR count). The zero-order valence-corrected chi connectivity index (χ0v) is 26.9. The lowest BCUT2D eigenvalue weighted by molar-refractivity contribution is -0.149. The first-order chi connectivity index (χ1) is 22.4. The fraction of sp³-hybridized carbons (Fsp3) is 0.324. The van der Waals surface area contributed by atoms with Crippen LogP contribution in [-0.2, 0) is 22.7 Å². The van der Waals surface area contributed by atoms with E-state index in [2.05, 4.69) is 15.6 Å². The minimum atomic E-state index is -1.12. The summed E-state index contributed by atoms with van der Waals surface area (Å²) in [6.07, 6.45) is 3.61. The average Bonchev–Trinajstić information content (AvgIpc) is 3.75. The molecule has 238 valence electrons. The zero-order valence-electron chi connectivity index (χ0n) is 26.1. The summed E-state index contributed by atoms with van der Waals surface area (Å²) < 4.78 is 17.8. The van der Waals surface area contributed by atoms with Gasteiger partial charge in [-0.2, -0.15) is 0 Å². The molecule has 1 aliphatic rings. The van der Waals surface area contributed by atoms with Gasteiger partial charge in [-0.3, -0.25) is 9.59 Å². The molecule has 0 aliphatic heterocycles. The minimum absolute atomic E-state index is 0.0713. The lowest BCUT2D eigenvalue weighted by atomic mass is 9.79. The van der Waals surface area contributed by atoms with Crippen LogP contribution in [0.2, 0.25) is 0 Å². The second-order valence-corrected chi connectivity index (χ2v) is 12.1. The van der Waals surface area contributed by atoms with Crippen molar-refractivity contribution in [2.24, 2.45) is 0 Å². The van der Waals surface area contributed by atoms with Gasteiger partial charge in [0, 0.05) is 17.0 Å². The molecule has 3 aromatic carbocycles. The number of rotatable bonds is 11. The number of anilines is 1. The van der Waals surface area contributed by atoms with Gasteiger partial charge >= 0.3 is 0 Å². The van der Waals surface area contributed by atoms with Crippen LogP contribution < -0.4 is 19.5 Å². The topological polar surface area (TPSA) is 121 Å². The molecule has 0 saturated heterocycles. The van der Waals surface area contributed by atoms with Crippen LogP contribution >= 0.6 is 11.3 Å². The predicted octanol–water partition coefficient (Wildman–Crippen LogP) is 5.95. The van der Waals surface area contributed by atoms with Crippen LogP contribution in [0.5, 0.6) is 17.2 Å². The average molecular weight is 641 g/mol. The molecule has 11 nitrogen and oxygen atoms in total. The second-order valence-electron chi connectivity index (χ2n) is 11.2. The van der Waals surface area contributed by atoms with E-state index in [-0.39, 0.29) is 24.9 Å². The number of nitrogens with zero attached hydrogens (tertiary/aromatic N) is 5. The number of fused-ring (bicyclic) bond motifs is 1. The van der Waals surface area contributed by atoms with Crippen molar-refractivity contribution in [1.82, 2.24) is 24.9 Å². The van der Waals surface area contributed by atoms with Crippen molar-refractivity contribution in [3.63, 3.8) is 0 Å². The molecule has 1 aliphatic carbocycles. The van der Waals surface area contributed by atoms with Crippen LogP contribution in [-0.4, -0.2) is 63.6 Å². The SMILES string of the molecule is COc1ccc(-c2csc(CN(C(=O)Cn3nnc4ccccc43)C3(C(=O)Nc4ccc(OC)cc4OC)CCCCC3)n2)cc1. The molecule has 0 unspecified atom stereocenters. The van der Waals surface area contributed by atoms with Gasteiger partial charge < -0.3 is 24.4 Å². The first kappa shape index (κ1) is 31.0. The van der Waals surface area contributed by atoms with Gasteiger partial charge in [0.1, 0.15) is 39.9 Å². The lowest BCUT2D eigenvalue weighted by Gasteiger charge is -2.44. The van der Waals surface area contributed by atoms with Crippen molar-refractivity contribution < 1.29 is 23.8 Å². The largest absolute Gasteiger partial charge is 0.497 e. The number of methoxy groups -OCH3 is 3. The first-order valence-electron chi connectivity index (χ1n) is 15.1. The molecule has 1 N–H and O–H groups in total. The molecular weight excluding hydrogens is 604 g/mol. The van der Waals surface area contributed by atoms with E-state index in [1.807, 2.05) is 53.9 Å². The highest BCUT2D eigenvalue weighted by molar-refractivity contribution is 7.09. The number of hydrogen-bond donors (Lipinski definition) is 1. The highest BCUT2D eigenvalue weighted by Crippen LogP contribution is 2.39. The van der Waals surface area contributed by atoms with Crippen LogP contribution in [0.4, 0.5) is 5.69 Å². The summed E-state index contributed by atoms with van der Waals surface area (Å²) in [6, 6.07) is 20.4. The summed E-state index contributed by atoms with van der Waals surface area (Å²) in [6.45, 7) is 0.0948. The maximum absolute atomic E-state index is 14.5. The monoisotopic (exact) mass is 640 g/mol. The number of para-hydroxylation sites is 1. The Morgan fingerprint density at radius 3 is 2.41 bits per heavy atom. The second kappa shape index (κ2) is 13.6. The third-order valence-electron chi connectivity index (χ3n) is 8.51. The normalized spacial score (nSPS) is 14.1. The number of ether oxygens (including phenoxy) is 3. The van der Waals surface area contributed by atoms with Gasteiger partial charge in [-0.25, -0.2) is 9.67 Å². The van der Waals surface area contributed by atoms with Gasteiger partial charge in [0.2, 0.25) is 11.8 Å². The summed E-state index contributed by atoms with van der Waals surface area (Å²) in [5.41, 5.74) is 2.56. The van der Waals surface area contributed by atoms with Gasteiger partial charge in [0.25, 0.3) is 0 Å². The Morgan fingerprint density at radius 1 is 0.935 bits per heavy atom. The number of aromatic nitrogens is 4. The number of carbonyl (C=O) groups excluding carboxylic acids is 2. The maximum atomic E-state index is 14.5. The van der Waals surface area contributed by atoms with E-state index in [1.54, 1.807) is 49.1 Å². The molecule has 0 bridgehead atoms. The molecule has 2 aromatic heterocycles. The number of thiazole rings is 1. The van der Waals surface area contributed by atoms with E-state index in [4.69, 9.17) is 19.2 Å². The molecule has 1 saturated carbocycles. The molecule has 5 aromatic rings. The Hall–Kier alpha value is -4.97. The Morgan fingerprint density at radius 2 is 1.67 bits per heavy atom. The van der Waals surface area contributed by atoms with Gasteiger partial charge in [0.05, 0.1) is 44.8 Å². The Labute approximate surface area is 271 Å². The predicted molar refractivity (Wildman–Crippen MR) is 176 cm³/mol. The molecule has 2 amide bonds. The van der Waals surface area contributed by atoms with Crippen LogP contribution in [0.1, 0.15) is 37.1 Å². The van der Waals surface area contributed by atoms with E-state index in [0.29, 0.717) is 35.5 Å². The van der Waals surface area contributed by atoms with E-state index in [1.165, 1.54) is 11.3 Å². The number of nitrogens with one attached hydrogen (secondary N) is 1. The van der Waals surface area contributed by atoms with Crippen molar-refractivity contribution in [2.75, 3.05) is 26.6 Å². The van der Waals surface area contributed by atoms with E-state index < -0.39 is 5.54 Å². The molecule has 0 atom stereocenters. The van der Waals surface area contributed by atoms with Crippen molar-refractivity contribution in [2.45, 2.75) is 50.7 Å². The number of amides is 2. The van der Waals surface area contributed by atoms with Gasteiger partial charge in [-0.1, -0.05) is 36.6 Å². The standard InChI is InChI=1S/C34H36N6O5S/c1-43-24-13-11-23(12-14-24)28-22-46-31(35-28)20-39(32(41)21-40-29-10-6-5-9-26(29)37-38-40)34(17-7-4-8-18-34)33(42)36-27-16-15-25(44-2)19-30(27)45-3/h5-6,9-16,19,22H,4,7-8,17-18,20-21H2,1-3H3,(H,36,42). The highest BCUT2D eigenvalue weighted by Gasteiger charge is 2.47. The number of hydrogen-bond acceptors (Lipinski definition) is 9. The van der Waals surface area contributed by atoms with Gasteiger partial charge in [-0.05, 0) is 61.4 Å². The maximum Gasteiger partial charge on any atom is 0.250 e. The van der Waals surface area contributed by atoms with Crippen molar-refractivity contribution in [3.05, 3.63) is 77.1 Å². The van der Waals surface area contributed by atoms with E-state index in [9.17, 15) is 9.59 Å². The fourth-order valence-electron chi connectivity index (χ4n) is 6.04. The third-order valence-corrected chi connectivity index (χ3v) is 9.35. The molecular formula is C34H36N6O5S. The number of benzene rings is 3. The molecule has 0 radical (unpaired) electrons. The quantitative estimate of drug-likeness (QED) is 0.188. The van der Waals surface area contributed by atoms with Crippen LogP contribution in [0, 0.1) is 0 Å². The summed E-state index contributed by atoms with van der Waals surface area (Å²) >= 11 is 1.46. The Balaban J connectivity index is 1.36. The molecule has 1 fully saturated rings. The molecule has 0 spiro atoms. The van der Waals surface area contributed by atoms with Crippen molar-refractivity contribution >= 4 is 39.9 Å². The highest BCUT2D eigenvalue weighted by atomic mass is 32.1. The minimum Gasteiger partial charge on any atom is -0.497 e. The molecule has 46 heavy (non-hydrogen) atoms. The van der Waals surface area contributed by atoms with Crippen molar-refractivity contribution in [3.8, 4) is 28.5 Å². The third kappa shape index (κ3) is 6.25. The van der Waals surface area contributed by atoms with E-state index in [0.717, 1.165) is 46.8 Å². The van der Waals surface area contributed by atoms with Gasteiger partial charge in [-0.15, -0.1) is 16.4 Å². The smallest absolute Gasteiger partial charge is 0.250 e. The molecule has 12 heteroatoms. The summed E-state index contributed by atoms with van der Waals surface area (Å²) in [4.78, 5) is 35.6. The molecule has 2 heterocycles. The van der Waals surface area contributed by atoms with Crippen LogP contribution in [0.15, 0.2) is 72.1 Å². The lowest BCUT2D eigenvalue weighted by Crippen LogP contribution is -2.60. The van der Waals surface area contributed by atoms with E-state index >= 15 is 0 Å². The summed E-state index contributed by atoms with van der Waals surface area (Å²) in [7, 11) is 4.75. The number of carbonyl (C=O) groups is 2. The van der Waals surface area contributed by atoms with Crippen LogP contribution in [0.25, 0.3) is 22.3 Å². The Bertz CT molecular complexity index is 1830. The fourth-order valence-corrected chi connectivity index (χ4v) is 6.83. The van der Waals surface area contributed by atoms with Gasteiger partial charge in [0.15, 0.2) is 0 Å². The van der Waals surface area contributed by atoms with Crippen LogP contribution in [0.3, 0.4) is 0 Å². The first-order valence-corrected chi connectivity index (χ1v) is 16.0. The zero-order chi connectivity index (χ0) is 32.1. The Kier molecular flexibility index (Phi) is 9.16. The summed E-state index contributed by atoms with van der Waals surface area (Å²) in [5.74, 6) is 1.33.